The number of para-hydroxylation sites is 1. The van der Waals surface area contributed by atoms with Crippen LogP contribution in [-0.4, -0.2) is 58.6 Å². The molecule has 0 aliphatic carbocycles. The Balaban J connectivity index is 1.27. The minimum absolute atomic E-state index is 0.195. The molecule has 5 nitrogen and oxygen atoms in total. The Labute approximate surface area is 166 Å². The molecule has 28 heavy (non-hydrogen) atoms. The molecule has 1 aliphatic heterocycles. The van der Waals surface area contributed by atoms with Gasteiger partial charge < -0.3 is 9.80 Å². The van der Waals surface area contributed by atoms with Gasteiger partial charge in [-0.15, -0.1) is 0 Å². The lowest BCUT2D eigenvalue weighted by Crippen LogP contribution is -2.36. The summed E-state index contributed by atoms with van der Waals surface area (Å²) in [6.07, 6.45) is 3.72. The van der Waals surface area contributed by atoms with E-state index in [1.165, 1.54) is 5.56 Å². The smallest absolute Gasteiger partial charge is 0.228 e. The fourth-order valence-corrected chi connectivity index (χ4v) is 4.01. The van der Waals surface area contributed by atoms with Gasteiger partial charge in [0.05, 0.1) is 17.6 Å². The zero-order chi connectivity index (χ0) is 19.2. The molecular formula is C23H28N4O. The number of carbonyl (C=O) groups excluding carboxylic acids is 1. The predicted molar refractivity (Wildman–Crippen MR) is 112 cm³/mol. The molecule has 5 heteroatoms. The van der Waals surface area contributed by atoms with E-state index in [1.807, 2.05) is 29.2 Å². The van der Waals surface area contributed by atoms with Crippen molar-refractivity contribution in [3.8, 4) is 0 Å². The summed E-state index contributed by atoms with van der Waals surface area (Å²) in [6, 6.07) is 18.6. The minimum atomic E-state index is 0.195. The van der Waals surface area contributed by atoms with Crippen LogP contribution in [-0.2, 0) is 17.6 Å². The Hall–Kier alpha value is -2.66. The van der Waals surface area contributed by atoms with E-state index in [1.54, 1.807) is 0 Å². The molecule has 3 aromatic rings. The highest BCUT2D eigenvalue weighted by Gasteiger charge is 2.20. The fraction of sp³-hybridized carbons (Fsp3) is 0.391. The number of aromatic nitrogens is 2. The number of nitrogens with zero attached hydrogens (tertiary/aromatic N) is 3. The van der Waals surface area contributed by atoms with Crippen LogP contribution in [0.4, 0.5) is 0 Å². The molecular weight excluding hydrogens is 348 g/mol. The first-order valence-corrected chi connectivity index (χ1v) is 10.3. The Morgan fingerprint density at radius 1 is 0.964 bits per heavy atom. The maximum atomic E-state index is 12.8. The summed E-state index contributed by atoms with van der Waals surface area (Å²) in [7, 11) is 0. The van der Waals surface area contributed by atoms with Crippen molar-refractivity contribution in [2.45, 2.75) is 25.7 Å². The van der Waals surface area contributed by atoms with Crippen LogP contribution in [0.2, 0.25) is 0 Å². The summed E-state index contributed by atoms with van der Waals surface area (Å²) >= 11 is 0. The number of rotatable bonds is 6. The molecule has 0 radical (unpaired) electrons. The van der Waals surface area contributed by atoms with Gasteiger partial charge in [0.1, 0.15) is 0 Å². The van der Waals surface area contributed by atoms with Crippen molar-refractivity contribution in [2.75, 3.05) is 32.7 Å². The molecule has 1 fully saturated rings. The van der Waals surface area contributed by atoms with Crippen molar-refractivity contribution in [3.05, 3.63) is 65.9 Å². The van der Waals surface area contributed by atoms with Gasteiger partial charge in [0.2, 0.25) is 5.91 Å². The summed E-state index contributed by atoms with van der Waals surface area (Å²) in [5.41, 5.74) is 3.25. The summed E-state index contributed by atoms with van der Waals surface area (Å²) < 4.78 is 0. The van der Waals surface area contributed by atoms with Crippen molar-refractivity contribution in [3.63, 3.8) is 0 Å². The van der Waals surface area contributed by atoms with Crippen LogP contribution in [0.1, 0.15) is 24.1 Å². The van der Waals surface area contributed by atoms with Crippen molar-refractivity contribution in [2.24, 2.45) is 0 Å². The monoisotopic (exact) mass is 376 g/mol. The fourth-order valence-electron chi connectivity index (χ4n) is 4.01. The highest BCUT2D eigenvalue weighted by molar-refractivity contribution is 5.87. The Kier molecular flexibility index (Phi) is 6.02. The van der Waals surface area contributed by atoms with Gasteiger partial charge in [-0.05, 0) is 44.0 Å². The van der Waals surface area contributed by atoms with Crippen LogP contribution in [0.25, 0.3) is 10.9 Å². The molecule has 146 valence electrons. The highest BCUT2D eigenvalue weighted by atomic mass is 16.2. The van der Waals surface area contributed by atoms with Gasteiger partial charge in [-0.2, -0.15) is 5.10 Å². The summed E-state index contributed by atoms with van der Waals surface area (Å²) in [4.78, 5) is 17.3. The van der Waals surface area contributed by atoms with Crippen LogP contribution in [0.15, 0.2) is 54.6 Å². The average molecular weight is 377 g/mol. The van der Waals surface area contributed by atoms with Crippen molar-refractivity contribution in [1.29, 1.82) is 0 Å². The van der Waals surface area contributed by atoms with E-state index >= 15 is 0 Å². The molecule has 0 unspecified atom stereocenters. The van der Waals surface area contributed by atoms with E-state index in [9.17, 15) is 4.79 Å². The number of fused-ring (bicyclic) bond motifs is 1. The third-order valence-corrected chi connectivity index (χ3v) is 5.59. The van der Waals surface area contributed by atoms with Gasteiger partial charge in [-0.25, -0.2) is 0 Å². The van der Waals surface area contributed by atoms with Crippen LogP contribution < -0.4 is 0 Å². The molecule has 0 atom stereocenters. The lowest BCUT2D eigenvalue weighted by atomic mass is 10.1. The number of carbonyl (C=O) groups is 1. The molecule has 1 saturated heterocycles. The molecule has 1 aliphatic rings. The van der Waals surface area contributed by atoms with Gasteiger partial charge >= 0.3 is 0 Å². The van der Waals surface area contributed by atoms with E-state index in [0.29, 0.717) is 6.42 Å². The lowest BCUT2D eigenvalue weighted by molar-refractivity contribution is -0.130. The van der Waals surface area contributed by atoms with Gasteiger partial charge in [0.25, 0.3) is 0 Å². The first-order valence-electron chi connectivity index (χ1n) is 10.3. The number of nitrogens with one attached hydrogen (secondary N) is 1. The Morgan fingerprint density at radius 3 is 2.68 bits per heavy atom. The first-order chi connectivity index (χ1) is 13.8. The first kappa shape index (κ1) is 18.7. The normalized spacial score (nSPS) is 15.6. The van der Waals surface area contributed by atoms with Crippen molar-refractivity contribution < 1.29 is 4.79 Å². The SMILES string of the molecule is O=C(Cc1[nH]nc2ccccc12)N1CCCN(CCCc2ccccc2)CC1. The number of hydrogen-bond donors (Lipinski definition) is 1. The van der Waals surface area contributed by atoms with E-state index in [2.05, 4.69) is 45.4 Å². The van der Waals surface area contributed by atoms with Crippen LogP contribution >= 0.6 is 0 Å². The van der Waals surface area contributed by atoms with Crippen LogP contribution in [0.5, 0.6) is 0 Å². The van der Waals surface area contributed by atoms with Crippen LogP contribution in [0, 0.1) is 0 Å². The lowest BCUT2D eigenvalue weighted by Gasteiger charge is -2.22. The Morgan fingerprint density at radius 2 is 1.79 bits per heavy atom. The largest absolute Gasteiger partial charge is 0.341 e. The number of benzene rings is 2. The molecule has 1 N–H and O–H groups in total. The molecule has 2 heterocycles. The molecule has 0 saturated carbocycles. The van der Waals surface area contributed by atoms with E-state index < -0.39 is 0 Å². The number of aryl methyl sites for hydroxylation is 1. The number of amides is 1. The van der Waals surface area contributed by atoms with E-state index in [4.69, 9.17) is 0 Å². The molecule has 1 aromatic heterocycles. The van der Waals surface area contributed by atoms with Gasteiger partial charge in [-0.3, -0.25) is 9.89 Å². The molecule has 4 rings (SSSR count). The zero-order valence-corrected chi connectivity index (χ0v) is 16.3. The molecule has 2 aromatic carbocycles. The third kappa shape index (κ3) is 4.60. The van der Waals surface area contributed by atoms with Gasteiger partial charge in [0.15, 0.2) is 0 Å². The molecule has 0 bridgehead atoms. The second-order valence-corrected chi connectivity index (χ2v) is 7.56. The van der Waals surface area contributed by atoms with Gasteiger partial charge in [0, 0.05) is 25.0 Å². The Bertz CT molecular complexity index is 905. The van der Waals surface area contributed by atoms with Crippen molar-refractivity contribution >= 4 is 16.8 Å². The molecule has 1 amide bonds. The van der Waals surface area contributed by atoms with Crippen LogP contribution in [0.3, 0.4) is 0 Å². The predicted octanol–water partition coefficient (Wildman–Crippen LogP) is 3.27. The topological polar surface area (TPSA) is 52.2 Å². The number of aromatic amines is 1. The summed E-state index contributed by atoms with van der Waals surface area (Å²) in [5.74, 6) is 0.195. The van der Waals surface area contributed by atoms with E-state index in [-0.39, 0.29) is 5.91 Å². The molecule has 0 spiro atoms. The highest BCUT2D eigenvalue weighted by Crippen LogP contribution is 2.17. The zero-order valence-electron chi connectivity index (χ0n) is 16.3. The summed E-state index contributed by atoms with van der Waals surface area (Å²) in [6.45, 7) is 4.80. The standard InChI is InChI=1S/C23H28N4O/c28-23(18-22-20-11-4-5-12-21(20)24-25-22)27-15-7-14-26(16-17-27)13-6-10-19-8-2-1-3-9-19/h1-5,8-9,11-12H,6-7,10,13-18H2,(H,24,25). The van der Waals surface area contributed by atoms with E-state index in [0.717, 1.165) is 68.6 Å². The second kappa shape index (κ2) is 9.02. The van der Waals surface area contributed by atoms with Gasteiger partial charge in [-0.1, -0.05) is 48.5 Å². The quantitative estimate of drug-likeness (QED) is 0.718. The number of H-pyrrole nitrogens is 1. The minimum Gasteiger partial charge on any atom is -0.341 e. The average Bonchev–Trinajstić information content (AvgIpc) is 2.98. The van der Waals surface area contributed by atoms with Crippen molar-refractivity contribution in [1.82, 2.24) is 20.0 Å². The third-order valence-electron chi connectivity index (χ3n) is 5.59. The summed E-state index contributed by atoms with van der Waals surface area (Å²) in [5, 5.41) is 8.40. The maximum absolute atomic E-state index is 12.8. The number of hydrogen-bond acceptors (Lipinski definition) is 3. The maximum Gasteiger partial charge on any atom is 0.228 e. The second-order valence-electron chi connectivity index (χ2n) is 7.56.